The van der Waals surface area contributed by atoms with E-state index in [0.29, 0.717) is 42.7 Å². The lowest BCUT2D eigenvalue weighted by molar-refractivity contribution is 0.0715. The Morgan fingerprint density at radius 2 is 1.41 bits per heavy atom. The van der Waals surface area contributed by atoms with Crippen molar-refractivity contribution in [3.8, 4) is 5.75 Å². The number of amides is 2. The maximum absolute atomic E-state index is 13.2. The number of methoxy groups -OCH3 is 1. The highest BCUT2D eigenvalue weighted by Gasteiger charge is 2.26. The Hall–Kier alpha value is -2.47. The molecule has 5 nitrogen and oxygen atoms in total. The van der Waals surface area contributed by atoms with E-state index in [1.54, 1.807) is 31.0 Å². The molecule has 1 fully saturated rings. The van der Waals surface area contributed by atoms with Gasteiger partial charge in [0, 0.05) is 36.3 Å². The molecule has 2 amide bonds. The molecule has 0 aliphatic carbocycles. The van der Waals surface area contributed by atoms with Gasteiger partial charge in [0.2, 0.25) is 0 Å². The molecule has 0 spiro atoms. The summed E-state index contributed by atoms with van der Waals surface area (Å²) < 4.78 is 5.34. The molecule has 154 valence electrons. The SMILES string of the molecule is COc1ccccc1C(=O)N1CCCN(C(=O)c2ccccc2SC(C)C)CC1. The minimum Gasteiger partial charge on any atom is -0.496 e. The number of carbonyl (C=O) groups excluding carboxylic acids is 2. The molecule has 6 heteroatoms. The summed E-state index contributed by atoms with van der Waals surface area (Å²) in [6.45, 7) is 6.57. The van der Waals surface area contributed by atoms with Crippen molar-refractivity contribution in [3.05, 3.63) is 59.7 Å². The van der Waals surface area contributed by atoms with Gasteiger partial charge < -0.3 is 14.5 Å². The summed E-state index contributed by atoms with van der Waals surface area (Å²) in [6, 6.07) is 15.1. The summed E-state index contributed by atoms with van der Waals surface area (Å²) in [7, 11) is 1.57. The Kier molecular flexibility index (Phi) is 7.20. The molecule has 1 heterocycles. The van der Waals surface area contributed by atoms with Gasteiger partial charge in [-0.2, -0.15) is 0 Å². The van der Waals surface area contributed by atoms with Gasteiger partial charge in [-0.05, 0) is 30.7 Å². The highest BCUT2D eigenvalue weighted by molar-refractivity contribution is 8.00. The molecule has 1 aliphatic heterocycles. The summed E-state index contributed by atoms with van der Waals surface area (Å²) in [5.41, 5.74) is 1.31. The zero-order chi connectivity index (χ0) is 20.8. The first-order valence-corrected chi connectivity index (χ1v) is 10.9. The van der Waals surface area contributed by atoms with Crippen molar-refractivity contribution in [3.63, 3.8) is 0 Å². The van der Waals surface area contributed by atoms with E-state index in [0.717, 1.165) is 16.9 Å². The topological polar surface area (TPSA) is 49.9 Å². The molecule has 1 saturated heterocycles. The van der Waals surface area contributed by atoms with E-state index in [-0.39, 0.29) is 11.8 Å². The van der Waals surface area contributed by atoms with E-state index in [9.17, 15) is 9.59 Å². The molecule has 1 aliphatic rings. The first-order valence-electron chi connectivity index (χ1n) is 9.98. The van der Waals surface area contributed by atoms with Gasteiger partial charge in [-0.3, -0.25) is 9.59 Å². The van der Waals surface area contributed by atoms with E-state index in [1.165, 1.54) is 0 Å². The number of hydrogen-bond acceptors (Lipinski definition) is 4. The first-order chi connectivity index (χ1) is 14.0. The molecule has 2 aromatic rings. The zero-order valence-corrected chi connectivity index (χ0v) is 18.1. The third-order valence-electron chi connectivity index (χ3n) is 4.89. The van der Waals surface area contributed by atoms with Crippen molar-refractivity contribution >= 4 is 23.6 Å². The van der Waals surface area contributed by atoms with Crippen molar-refractivity contribution < 1.29 is 14.3 Å². The van der Waals surface area contributed by atoms with Gasteiger partial charge in [0.1, 0.15) is 5.75 Å². The van der Waals surface area contributed by atoms with Gasteiger partial charge >= 0.3 is 0 Å². The smallest absolute Gasteiger partial charge is 0.257 e. The monoisotopic (exact) mass is 412 g/mol. The van der Waals surface area contributed by atoms with Crippen molar-refractivity contribution in [1.29, 1.82) is 0 Å². The number of thioether (sulfide) groups is 1. The molecule has 0 saturated carbocycles. The van der Waals surface area contributed by atoms with Crippen LogP contribution in [0.15, 0.2) is 53.4 Å². The fourth-order valence-electron chi connectivity index (χ4n) is 3.49. The van der Waals surface area contributed by atoms with Crippen LogP contribution in [-0.2, 0) is 0 Å². The normalized spacial score (nSPS) is 14.6. The lowest BCUT2D eigenvalue weighted by Crippen LogP contribution is -2.37. The van der Waals surface area contributed by atoms with Crippen molar-refractivity contribution in [2.45, 2.75) is 30.4 Å². The maximum Gasteiger partial charge on any atom is 0.257 e. The number of nitrogens with zero attached hydrogens (tertiary/aromatic N) is 2. The van der Waals surface area contributed by atoms with Crippen LogP contribution in [0.1, 0.15) is 41.0 Å². The van der Waals surface area contributed by atoms with E-state index in [4.69, 9.17) is 4.74 Å². The average molecular weight is 413 g/mol. The highest BCUT2D eigenvalue weighted by atomic mass is 32.2. The van der Waals surface area contributed by atoms with Crippen LogP contribution in [0.5, 0.6) is 5.75 Å². The van der Waals surface area contributed by atoms with E-state index >= 15 is 0 Å². The summed E-state index contributed by atoms with van der Waals surface area (Å²) in [6.07, 6.45) is 0.756. The summed E-state index contributed by atoms with van der Waals surface area (Å²) in [5, 5.41) is 0.405. The van der Waals surface area contributed by atoms with Crippen LogP contribution in [0.3, 0.4) is 0 Å². The van der Waals surface area contributed by atoms with Crippen molar-refractivity contribution in [2.75, 3.05) is 33.3 Å². The summed E-state index contributed by atoms with van der Waals surface area (Å²) in [5.74, 6) is 0.571. The van der Waals surface area contributed by atoms with Gasteiger partial charge in [-0.25, -0.2) is 0 Å². The second-order valence-corrected chi connectivity index (χ2v) is 8.92. The highest BCUT2D eigenvalue weighted by Crippen LogP contribution is 2.28. The minimum atomic E-state index is -0.0486. The second-order valence-electron chi connectivity index (χ2n) is 7.30. The van der Waals surface area contributed by atoms with Crippen LogP contribution in [-0.4, -0.2) is 60.2 Å². The predicted octanol–water partition coefficient (Wildman–Crippen LogP) is 4.18. The number of benzene rings is 2. The molecular weight excluding hydrogens is 384 g/mol. The summed E-state index contributed by atoms with van der Waals surface area (Å²) in [4.78, 5) is 30.9. The Morgan fingerprint density at radius 1 is 0.862 bits per heavy atom. The van der Waals surface area contributed by atoms with Gasteiger partial charge in [-0.15, -0.1) is 11.8 Å². The van der Waals surface area contributed by atoms with Gasteiger partial charge in [0.25, 0.3) is 11.8 Å². The summed E-state index contributed by atoms with van der Waals surface area (Å²) >= 11 is 1.70. The fourth-order valence-corrected chi connectivity index (χ4v) is 4.43. The predicted molar refractivity (Wildman–Crippen MR) is 117 cm³/mol. The molecule has 0 bridgehead atoms. The number of carbonyl (C=O) groups is 2. The van der Waals surface area contributed by atoms with Crippen LogP contribution >= 0.6 is 11.8 Å². The van der Waals surface area contributed by atoms with Gasteiger partial charge in [-0.1, -0.05) is 38.1 Å². The van der Waals surface area contributed by atoms with Crippen molar-refractivity contribution in [2.24, 2.45) is 0 Å². The van der Waals surface area contributed by atoms with Crippen LogP contribution in [0.4, 0.5) is 0 Å². The largest absolute Gasteiger partial charge is 0.496 e. The Labute approximate surface area is 177 Å². The number of hydrogen-bond donors (Lipinski definition) is 0. The van der Waals surface area contributed by atoms with Gasteiger partial charge in [0.15, 0.2) is 0 Å². The number of ether oxygens (including phenoxy) is 1. The van der Waals surface area contributed by atoms with Gasteiger partial charge in [0.05, 0.1) is 18.2 Å². The van der Waals surface area contributed by atoms with E-state index in [2.05, 4.69) is 13.8 Å². The molecule has 0 N–H and O–H groups in total. The standard InChI is InChI=1S/C23H28N2O3S/c1-17(2)29-21-12-7-5-10-19(21)23(27)25-14-8-13-24(15-16-25)22(26)18-9-4-6-11-20(18)28-3/h4-7,9-12,17H,8,13-16H2,1-3H3. The average Bonchev–Trinajstić information content (AvgIpc) is 2.99. The molecule has 0 aromatic heterocycles. The Bertz CT molecular complexity index is 869. The Morgan fingerprint density at radius 3 is 2.03 bits per heavy atom. The number of para-hydroxylation sites is 1. The molecule has 3 rings (SSSR count). The third kappa shape index (κ3) is 5.12. The first kappa shape index (κ1) is 21.2. The molecular formula is C23H28N2O3S. The second kappa shape index (κ2) is 9.83. The van der Waals surface area contributed by atoms with Crippen molar-refractivity contribution in [1.82, 2.24) is 9.80 Å². The fraction of sp³-hybridized carbons (Fsp3) is 0.391. The molecule has 0 radical (unpaired) electrons. The number of rotatable bonds is 5. The lowest BCUT2D eigenvalue weighted by atomic mass is 10.1. The minimum absolute atomic E-state index is 0.0420. The molecule has 0 unspecified atom stereocenters. The Balaban J connectivity index is 1.72. The molecule has 29 heavy (non-hydrogen) atoms. The van der Waals surface area contributed by atoms with E-state index < -0.39 is 0 Å². The molecule has 0 atom stereocenters. The van der Waals surface area contributed by atoms with Crippen LogP contribution in [0.25, 0.3) is 0 Å². The van der Waals surface area contributed by atoms with Crippen LogP contribution < -0.4 is 4.74 Å². The maximum atomic E-state index is 13.2. The zero-order valence-electron chi connectivity index (χ0n) is 17.3. The van der Waals surface area contributed by atoms with Crippen LogP contribution in [0.2, 0.25) is 0 Å². The lowest BCUT2D eigenvalue weighted by Gasteiger charge is -2.23. The quantitative estimate of drug-likeness (QED) is 0.691. The molecule has 2 aromatic carbocycles. The van der Waals surface area contributed by atoms with Crippen LogP contribution in [0, 0.1) is 0 Å². The van der Waals surface area contributed by atoms with E-state index in [1.807, 2.05) is 46.2 Å². The third-order valence-corrected chi connectivity index (χ3v) is 5.97.